The third-order valence-electron chi connectivity index (χ3n) is 3.08. The fraction of sp³-hybridized carbons (Fsp3) is 0.600. The second-order valence-electron chi connectivity index (χ2n) is 5.58. The van der Waals surface area contributed by atoms with Gasteiger partial charge < -0.3 is 5.32 Å². The Bertz CT molecular complexity index is 375. The van der Waals surface area contributed by atoms with E-state index in [0.29, 0.717) is 0 Å². The van der Waals surface area contributed by atoms with Crippen molar-refractivity contribution in [3.63, 3.8) is 0 Å². The zero-order valence-electron chi connectivity index (χ0n) is 11.5. The summed E-state index contributed by atoms with van der Waals surface area (Å²) in [5.41, 5.74) is 1.37. The Morgan fingerprint density at radius 3 is 2.56 bits per heavy atom. The van der Waals surface area contributed by atoms with Crippen LogP contribution < -0.4 is 5.32 Å². The largest absolute Gasteiger partial charge is 0.317 e. The molecule has 0 heterocycles. The molecule has 0 unspecified atom stereocenters. The van der Waals surface area contributed by atoms with Crippen molar-refractivity contribution in [2.24, 2.45) is 5.41 Å². The molecule has 0 bridgehead atoms. The SMILES string of the molecule is CCCNCCC(C)(C)Cc1cc(Cl)ccc1Cl. The van der Waals surface area contributed by atoms with Gasteiger partial charge in [-0.25, -0.2) is 0 Å². The van der Waals surface area contributed by atoms with E-state index < -0.39 is 0 Å². The van der Waals surface area contributed by atoms with Gasteiger partial charge >= 0.3 is 0 Å². The molecule has 1 N–H and O–H groups in total. The first-order valence-electron chi connectivity index (χ1n) is 6.59. The van der Waals surface area contributed by atoms with Crippen LogP contribution >= 0.6 is 23.2 Å². The molecule has 3 heteroatoms. The zero-order valence-corrected chi connectivity index (χ0v) is 13.0. The molecule has 0 atom stereocenters. The molecule has 1 aromatic rings. The van der Waals surface area contributed by atoms with E-state index in [4.69, 9.17) is 23.2 Å². The van der Waals surface area contributed by atoms with Crippen molar-refractivity contribution >= 4 is 23.2 Å². The average molecular weight is 288 g/mol. The van der Waals surface area contributed by atoms with Crippen LogP contribution in [0.5, 0.6) is 0 Å². The highest BCUT2D eigenvalue weighted by atomic mass is 35.5. The van der Waals surface area contributed by atoms with Crippen LogP contribution in [0.15, 0.2) is 18.2 Å². The normalized spacial score (nSPS) is 11.8. The van der Waals surface area contributed by atoms with Gasteiger partial charge in [0.1, 0.15) is 0 Å². The Morgan fingerprint density at radius 2 is 1.89 bits per heavy atom. The Morgan fingerprint density at radius 1 is 1.17 bits per heavy atom. The fourth-order valence-corrected chi connectivity index (χ4v) is 2.39. The molecule has 0 radical (unpaired) electrons. The van der Waals surface area contributed by atoms with Gasteiger partial charge in [-0.15, -0.1) is 0 Å². The Balaban J connectivity index is 2.55. The molecule has 0 saturated carbocycles. The minimum atomic E-state index is 0.231. The van der Waals surface area contributed by atoms with Crippen LogP contribution in [-0.4, -0.2) is 13.1 Å². The summed E-state index contributed by atoms with van der Waals surface area (Å²) in [6.07, 6.45) is 3.27. The molecule has 0 aliphatic rings. The second-order valence-corrected chi connectivity index (χ2v) is 6.42. The molecule has 0 fully saturated rings. The lowest BCUT2D eigenvalue weighted by Gasteiger charge is -2.25. The van der Waals surface area contributed by atoms with E-state index in [1.54, 1.807) is 0 Å². The van der Waals surface area contributed by atoms with E-state index in [9.17, 15) is 0 Å². The minimum Gasteiger partial charge on any atom is -0.317 e. The number of nitrogens with one attached hydrogen (secondary N) is 1. The fourth-order valence-electron chi connectivity index (χ4n) is 2.01. The second kappa shape index (κ2) is 7.37. The van der Waals surface area contributed by atoms with Gasteiger partial charge in [-0.3, -0.25) is 0 Å². The molecule has 102 valence electrons. The quantitative estimate of drug-likeness (QED) is 0.700. The van der Waals surface area contributed by atoms with Crippen LogP contribution in [0.2, 0.25) is 10.0 Å². The number of benzene rings is 1. The van der Waals surface area contributed by atoms with Gasteiger partial charge in [0.2, 0.25) is 0 Å². The summed E-state index contributed by atoms with van der Waals surface area (Å²) in [4.78, 5) is 0. The summed E-state index contributed by atoms with van der Waals surface area (Å²) >= 11 is 12.2. The van der Waals surface area contributed by atoms with Crippen LogP contribution in [0.1, 0.15) is 39.2 Å². The lowest BCUT2D eigenvalue weighted by atomic mass is 9.82. The Kier molecular flexibility index (Phi) is 6.48. The summed E-state index contributed by atoms with van der Waals surface area (Å²) in [5, 5.41) is 5.02. The maximum absolute atomic E-state index is 6.21. The van der Waals surface area contributed by atoms with Gasteiger partial charge in [-0.1, -0.05) is 44.0 Å². The highest BCUT2D eigenvalue weighted by molar-refractivity contribution is 6.33. The predicted molar refractivity (Wildman–Crippen MR) is 81.7 cm³/mol. The predicted octanol–water partition coefficient (Wildman–Crippen LogP) is 4.95. The molecule has 0 aliphatic heterocycles. The van der Waals surface area contributed by atoms with Crippen molar-refractivity contribution in [3.8, 4) is 0 Å². The van der Waals surface area contributed by atoms with Crippen LogP contribution in [0.25, 0.3) is 0 Å². The number of halogens is 2. The molecule has 1 nitrogen and oxygen atoms in total. The van der Waals surface area contributed by atoms with Crippen LogP contribution in [0, 0.1) is 5.41 Å². The van der Waals surface area contributed by atoms with Crippen molar-refractivity contribution in [2.75, 3.05) is 13.1 Å². The third-order valence-corrected chi connectivity index (χ3v) is 3.69. The molecule has 0 saturated heterocycles. The molecule has 0 aliphatic carbocycles. The first-order chi connectivity index (χ1) is 8.44. The standard InChI is InChI=1S/C15H23Cl2N/c1-4-8-18-9-7-15(2,3)11-12-10-13(16)5-6-14(12)17/h5-6,10,18H,4,7-9,11H2,1-3H3. The highest BCUT2D eigenvalue weighted by Gasteiger charge is 2.19. The topological polar surface area (TPSA) is 12.0 Å². The van der Waals surface area contributed by atoms with E-state index >= 15 is 0 Å². The van der Waals surface area contributed by atoms with Crippen LogP contribution in [0.3, 0.4) is 0 Å². The molecular weight excluding hydrogens is 265 g/mol. The molecule has 18 heavy (non-hydrogen) atoms. The third kappa shape index (κ3) is 5.60. The van der Waals surface area contributed by atoms with E-state index in [1.165, 1.54) is 6.42 Å². The van der Waals surface area contributed by atoms with Crippen molar-refractivity contribution in [3.05, 3.63) is 33.8 Å². The molecule has 0 amide bonds. The molecule has 0 spiro atoms. The molecule has 0 aromatic heterocycles. The van der Waals surface area contributed by atoms with E-state index in [0.717, 1.165) is 41.5 Å². The number of rotatable bonds is 7. The Hall–Kier alpha value is -0.240. The maximum Gasteiger partial charge on any atom is 0.0439 e. The summed E-state index contributed by atoms with van der Waals surface area (Å²) in [6, 6.07) is 5.69. The van der Waals surface area contributed by atoms with Gasteiger partial charge in [0, 0.05) is 10.0 Å². The molecular formula is C15H23Cl2N. The van der Waals surface area contributed by atoms with Gasteiger partial charge in [0.25, 0.3) is 0 Å². The maximum atomic E-state index is 6.21. The van der Waals surface area contributed by atoms with E-state index in [1.807, 2.05) is 18.2 Å². The summed E-state index contributed by atoms with van der Waals surface area (Å²) in [5.74, 6) is 0. The summed E-state index contributed by atoms with van der Waals surface area (Å²) in [6.45, 7) is 8.88. The average Bonchev–Trinajstić information content (AvgIpc) is 2.29. The van der Waals surface area contributed by atoms with Crippen molar-refractivity contribution in [1.82, 2.24) is 5.32 Å². The number of hydrogen-bond acceptors (Lipinski definition) is 1. The monoisotopic (exact) mass is 287 g/mol. The van der Waals surface area contributed by atoms with E-state index in [-0.39, 0.29) is 5.41 Å². The van der Waals surface area contributed by atoms with Gasteiger partial charge in [-0.05, 0) is 61.5 Å². The smallest absolute Gasteiger partial charge is 0.0439 e. The first kappa shape index (κ1) is 15.8. The summed E-state index contributed by atoms with van der Waals surface area (Å²) in [7, 11) is 0. The molecule has 1 rings (SSSR count). The van der Waals surface area contributed by atoms with Crippen LogP contribution in [-0.2, 0) is 6.42 Å². The van der Waals surface area contributed by atoms with E-state index in [2.05, 4.69) is 26.1 Å². The first-order valence-corrected chi connectivity index (χ1v) is 7.35. The van der Waals surface area contributed by atoms with Crippen molar-refractivity contribution in [2.45, 2.75) is 40.0 Å². The minimum absolute atomic E-state index is 0.231. The molecule has 1 aromatic carbocycles. The van der Waals surface area contributed by atoms with Crippen LogP contribution in [0.4, 0.5) is 0 Å². The van der Waals surface area contributed by atoms with Gasteiger partial charge in [0.05, 0.1) is 0 Å². The number of hydrogen-bond donors (Lipinski definition) is 1. The van der Waals surface area contributed by atoms with Gasteiger partial charge in [0.15, 0.2) is 0 Å². The van der Waals surface area contributed by atoms with Crippen molar-refractivity contribution in [1.29, 1.82) is 0 Å². The van der Waals surface area contributed by atoms with Gasteiger partial charge in [-0.2, -0.15) is 0 Å². The lowest BCUT2D eigenvalue weighted by Crippen LogP contribution is -2.24. The van der Waals surface area contributed by atoms with Crippen molar-refractivity contribution < 1.29 is 0 Å². The zero-order chi connectivity index (χ0) is 13.6. The highest BCUT2D eigenvalue weighted by Crippen LogP contribution is 2.30. The Labute approximate surface area is 121 Å². The lowest BCUT2D eigenvalue weighted by molar-refractivity contribution is 0.326. The summed E-state index contributed by atoms with van der Waals surface area (Å²) < 4.78 is 0.